The van der Waals surface area contributed by atoms with E-state index in [2.05, 4.69) is 223 Å². The number of nitrogens with zero attached hydrogens (tertiary/aromatic N) is 2. The maximum absolute atomic E-state index is 12.5. The molecule has 5 aromatic carbocycles. The minimum Gasteiger partial charge on any atom is -0.517 e. The van der Waals surface area contributed by atoms with Crippen molar-refractivity contribution in [2.24, 2.45) is 7.05 Å². The summed E-state index contributed by atoms with van der Waals surface area (Å²) in [5.41, 5.74) is 17.4. The Hall–Kier alpha value is -5.11. The van der Waals surface area contributed by atoms with Crippen LogP contribution in [0.15, 0.2) is 121 Å². The molecule has 0 amide bonds. The molecule has 0 saturated heterocycles. The van der Waals surface area contributed by atoms with Crippen molar-refractivity contribution in [2.75, 3.05) is 0 Å². The van der Waals surface area contributed by atoms with Crippen LogP contribution in [-0.4, -0.2) is 10.1 Å². The van der Waals surface area contributed by atoms with Gasteiger partial charge in [0, 0.05) is 23.0 Å². The molecule has 1 N–H and O–H groups in total. The molecule has 0 atom stereocenters. The molecule has 0 aliphatic rings. The van der Waals surface area contributed by atoms with Crippen LogP contribution in [0.2, 0.25) is 0 Å². The van der Waals surface area contributed by atoms with E-state index in [1.165, 1.54) is 38.9 Å². The molecular weight excluding hydrogens is 948 g/mol. The summed E-state index contributed by atoms with van der Waals surface area (Å²) < 4.78 is 2.27. The van der Waals surface area contributed by atoms with Crippen molar-refractivity contribution in [3.63, 3.8) is 0 Å². The maximum atomic E-state index is 12.5. The summed E-state index contributed by atoms with van der Waals surface area (Å²) in [5.74, 6) is 0.763. The molecule has 0 fully saturated rings. The quantitative estimate of drug-likeness (QED) is 0.122. The summed E-state index contributed by atoms with van der Waals surface area (Å²) >= 11 is 0. The number of aromatic hydroxyl groups is 1. The average molecular weight is 1010 g/mol. The van der Waals surface area contributed by atoms with Crippen LogP contribution in [-0.2, 0) is 44.4 Å². The second-order valence-electron chi connectivity index (χ2n) is 20.8. The topological polar surface area (TPSA) is 37.0 Å². The fourth-order valence-electron chi connectivity index (χ4n) is 8.42. The Kier molecular flexibility index (Phi) is 13.7. The van der Waals surface area contributed by atoms with Gasteiger partial charge in [0.15, 0.2) is 5.69 Å². The van der Waals surface area contributed by atoms with Gasteiger partial charge >= 0.3 is 21.1 Å². The van der Waals surface area contributed by atoms with Crippen LogP contribution in [0.1, 0.15) is 130 Å². The molecule has 326 valence electrons. The number of phenols is 1. The van der Waals surface area contributed by atoms with Gasteiger partial charge in [-0.1, -0.05) is 193 Å². The fraction of sp³-hybridized carbons (Fsp3) is 0.322. The van der Waals surface area contributed by atoms with Crippen molar-refractivity contribution in [1.82, 2.24) is 4.98 Å². The fourth-order valence-corrected chi connectivity index (χ4v) is 8.42. The molecule has 2 heterocycles. The third-order valence-electron chi connectivity index (χ3n) is 12.2. The van der Waals surface area contributed by atoms with E-state index in [0.29, 0.717) is 5.75 Å². The molecular formula is C59H65N2OPt+. The van der Waals surface area contributed by atoms with E-state index in [-0.39, 0.29) is 49.1 Å². The smallest absolute Gasteiger partial charge is 0.517 e. The summed E-state index contributed by atoms with van der Waals surface area (Å²) in [7, 11) is 2.14. The molecule has 7 rings (SSSR count). The van der Waals surface area contributed by atoms with E-state index in [1.807, 2.05) is 12.3 Å². The van der Waals surface area contributed by atoms with Gasteiger partial charge in [0.25, 0.3) is 0 Å². The Morgan fingerprint density at radius 1 is 0.540 bits per heavy atom. The monoisotopic (exact) mass is 1010 g/mol. The molecule has 0 aliphatic heterocycles. The molecule has 3 nitrogen and oxygen atoms in total. The largest absolute Gasteiger partial charge is 2.00 e. The van der Waals surface area contributed by atoms with E-state index >= 15 is 0 Å². The second-order valence-corrected chi connectivity index (χ2v) is 20.8. The minimum atomic E-state index is -0.299. The van der Waals surface area contributed by atoms with Gasteiger partial charge in [-0.2, -0.15) is 23.3 Å². The molecule has 0 bridgehead atoms. The molecule has 0 radical (unpaired) electrons. The van der Waals surface area contributed by atoms with Crippen LogP contribution in [0, 0.1) is 12.1 Å². The minimum absolute atomic E-state index is 0. The van der Waals surface area contributed by atoms with E-state index < -0.39 is 0 Å². The first-order chi connectivity index (χ1) is 29.1. The first-order valence-electron chi connectivity index (χ1n) is 22.3. The van der Waals surface area contributed by atoms with Gasteiger partial charge in [0.05, 0.1) is 5.75 Å². The van der Waals surface area contributed by atoms with Gasteiger partial charge in [-0.15, -0.1) is 23.3 Å². The number of hydrogen-bond acceptors (Lipinski definition) is 2. The third kappa shape index (κ3) is 10.0. The van der Waals surface area contributed by atoms with Crippen molar-refractivity contribution in [2.45, 2.75) is 118 Å². The van der Waals surface area contributed by atoms with E-state index in [4.69, 9.17) is 4.98 Å². The third-order valence-corrected chi connectivity index (χ3v) is 12.2. The zero-order valence-corrected chi connectivity index (χ0v) is 42.1. The molecule has 2 aromatic heterocycles. The molecule has 4 heteroatoms. The standard InChI is InChI=1S/C59H64N2O.Pt/c1-37(2)48-30-43(40-23-19-16-20-24-40)31-49(38(3)4)55(48)54-34-44(33-53(61(54)14)50-35-47(58(8,9)10)36-51(56(50)62)59(11,12)13)42-27-45(29-46(28-42)57(5,6)7)52-32-41(25-26-60-52)39-21-17-15-18-22-39;/h15-26,28-32,34-38H,1-14H3;/q-2;+2/p+1. The van der Waals surface area contributed by atoms with Gasteiger partial charge in [0.2, 0.25) is 0 Å². The zero-order valence-electron chi connectivity index (χ0n) is 39.9. The Labute approximate surface area is 393 Å². The molecule has 0 aliphatic carbocycles. The predicted molar refractivity (Wildman–Crippen MR) is 262 cm³/mol. The Morgan fingerprint density at radius 3 is 1.57 bits per heavy atom. The summed E-state index contributed by atoms with van der Waals surface area (Å²) in [6.45, 7) is 29.2. The van der Waals surface area contributed by atoms with Crippen LogP contribution in [0.25, 0.3) is 67.2 Å². The number of phenolic OH excluding ortho intramolecular Hbond substituents is 1. The summed E-state index contributed by atoms with van der Waals surface area (Å²) in [6.07, 6.45) is 1.90. The molecule has 0 spiro atoms. The van der Waals surface area contributed by atoms with Crippen LogP contribution >= 0.6 is 0 Å². The van der Waals surface area contributed by atoms with Gasteiger partial charge in [0.1, 0.15) is 12.7 Å². The van der Waals surface area contributed by atoms with Crippen molar-refractivity contribution in [3.05, 3.63) is 161 Å². The van der Waals surface area contributed by atoms with E-state index in [1.54, 1.807) is 0 Å². The molecule has 0 saturated carbocycles. The molecule has 7 aromatic rings. The van der Waals surface area contributed by atoms with Gasteiger partial charge in [-0.25, -0.2) is 4.57 Å². The van der Waals surface area contributed by atoms with Crippen molar-refractivity contribution in [3.8, 4) is 72.9 Å². The predicted octanol–water partition coefficient (Wildman–Crippen LogP) is 15.4. The van der Waals surface area contributed by atoms with Crippen LogP contribution in [0.5, 0.6) is 5.75 Å². The zero-order chi connectivity index (χ0) is 44.9. The first-order valence-corrected chi connectivity index (χ1v) is 22.3. The summed E-state index contributed by atoms with van der Waals surface area (Å²) in [6, 6.07) is 49.2. The van der Waals surface area contributed by atoms with Crippen molar-refractivity contribution in [1.29, 1.82) is 0 Å². The SMILES string of the molecule is CC(C)c1cc(-c2ccccc2)cc(C(C)C)c1-c1cc(-c2[c-]c(-c3cc(-c4ccccc4)ccn3)cc(C(C)(C)C)c2)[c-]c(-c2cc(C(C)(C)C)cc(C(C)(C)C)c2O)[n+]1C.[Pt+2]. The van der Waals surface area contributed by atoms with Crippen LogP contribution in [0.4, 0.5) is 0 Å². The first kappa shape index (κ1) is 47.4. The van der Waals surface area contributed by atoms with Gasteiger partial charge < -0.3 is 5.11 Å². The Bertz CT molecular complexity index is 2710. The van der Waals surface area contributed by atoms with Crippen LogP contribution < -0.4 is 4.57 Å². The Balaban J connectivity index is 0.00000661. The number of aromatic nitrogens is 2. The molecule has 0 unspecified atom stereocenters. The van der Waals surface area contributed by atoms with Gasteiger partial charge in [-0.3, -0.25) is 4.98 Å². The normalized spacial score (nSPS) is 12.2. The average Bonchev–Trinajstić information content (AvgIpc) is 3.23. The number of rotatable bonds is 8. The van der Waals surface area contributed by atoms with E-state index in [9.17, 15) is 5.11 Å². The van der Waals surface area contributed by atoms with Gasteiger partial charge in [-0.05, 0) is 73.1 Å². The number of hydrogen-bond donors (Lipinski definition) is 1. The van der Waals surface area contributed by atoms with E-state index in [0.717, 1.165) is 56.0 Å². The number of pyridine rings is 2. The second kappa shape index (κ2) is 18.2. The maximum Gasteiger partial charge on any atom is 2.00 e. The summed E-state index contributed by atoms with van der Waals surface area (Å²) in [5, 5.41) is 12.5. The molecule has 63 heavy (non-hydrogen) atoms. The van der Waals surface area contributed by atoms with Crippen LogP contribution in [0.3, 0.4) is 0 Å². The number of benzene rings is 5. The Morgan fingerprint density at radius 2 is 1.05 bits per heavy atom. The van der Waals surface area contributed by atoms with Crippen molar-refractivity contribution < 1.29 is 30.7 Å². The summed E-state index contributed by atoms with van der Waals surface area (Å²) in [4.78, 5) is 4.93. The van der Waals surface area contributed by atoms with Crippen molar-refractivity contribution >= 4 is 0 Å².